The lowest BCUT2D eigenvalue weighted by Gasteiger charge is -2.32. The van der Waals surface area contributed by atoms with Gasteiger partial charge in [-0.25, -0.2) is 8.42 Å². The van der Waals surface area contributed by atoms with E-state index in [1.54, 1.807) is 38.1 Å². The highest BCUT2D eigenvalue weighted by Gasteiger charge is 2.33. The molecule has 0 radical (unpaired) electrons. The van der Waals surface area contributed by atoms with Gasteiger partial charge in [0.15, 0.2) is 11.5 Å². The molecule has 1 N–H and O–H groups in total. The zero-order chi connectivity index (χ0) is 29.4. The van der Waals surface area contributed by atoms with Crippen molar-refractivity contribution in [2.75, 3.05) is 31.6 Å². The zero-order valence-corrected chi connectivity index (χ0v) is 24.6. The summed E-state index contributed by atoms with van der Waals surface area (Å²) in [5.41, 5.74) is 2.92. The van der Waals surface area contributed by atoms with Crippen molar-refractivity contribution in [1.82, 2.24) is 10.2 Å². The van der Waals surface area contributed by atoms with Crippen LogP contribution in [0.15, 0.2) is 71.6 Å². The summed E-state index contributed by atoms with van der Waals surface area (Å²) in [6.07, 6.45) is 0. The number of benzene rings is 3. The van der Waals surface area contributed by atoms with Gasteiger partial charge in [0.1, 0.15) is 12.6 Å². The Kier molecular flexibility index (Phi) is 10.2. The molecule has 0 heterocycles. The first-order valence-corrected chi connectivity index (χ1v) is 14.4. The van der Waals surface area contributed by atoms with Gasteiger partial charge in [-0.3, -0.25) is 13.9 Å². The molecule has 10 heteroatoms. The van der Waals surface area contributed by atoms with Gasteiger partial charge in [-0.15, -0.1) is 0 Å². The summed E-state index contributed by atoms with van der Waals surface area (Å²) < 4.78 is 39.7. The molecule has 0 saturated carbocycles. The van der Waals surface area contributed by atoms with Crippen LogP contribution in [0.3, 0.4) is 0 Å². The predicted octanol–water partition coefficient (Wildman–Crippen LogP) is 4.07. The fraction of sp³-hybridized carbons (Fsp3) is 0.333. The lowest BCUT2D eigenvalue weighted by molar-refractivity contribution is -0.139. The minimum absolute atomic E-state index is 0.0305. The van der Waals surface area contributed by atoms with E-state index in [1.165, 1.54) is 37.3 Å². The molecular formula is C30H37N3O6S. The van der Waals surface area contributed by atoms with Crippen molar-refractivity contribution in [3.05, 3.63) is 83.4 Å². The van der Waals surface area contributed by atoms with E-state index in [1.807, 2.05) is 38.1 Å². The molecule has 0 bridgehead atoms. The molecule has 9 nitrogen and oxygen atoms in total. The van der Waals surface area contributed by atoms with E-state index in [0.29, 0.717) is 18.0 Å². The molecule has 40 heavy (non-hydrogen) atoms. The third kappa shape index (κ3) is 6.93. The van der Waals surface area contributed by atoms with E-state index in [9.17, 15) is 18.0 Å². The Morgan fingerprint density at radius 2 is 1.57 bits per heavy atom. The van der Waals surface area contributed by atoms with E-state index in [0.717, 1.165) is 21.0 Å². The predicted molar refractivity (Wildman–Crippen MR) is 155 cm³/mol. The lowest BCUT2D eigenvalue weighted by Crippen LogP contribution is -2.51. The summed E-state index contributed by atoms with van der Waals surface area (Å²) in [4.78, 5) is 28.3. The molecule has 1 unspecified atom stereocenters. The Bertz CT molecular complexity index is 1440. The number of nitrogens with one attached hydrogen (secondary N) is 1. The molecule has 3 aromatic rings. The number of carbonyl (C=O) groups is 2. The van der Waals surface area contributed by atoms with Gasteiger partial charge in [-0.1, -0.05) is 42.0 Å². The van der Waals surface area contributed by atoms with Crippen LogP contribution in [-0.4, -0.2) is 58.5 Å². The van der Waals surface area contributed by atoms with Crippen molar-refractivity contribution in [3.63, 3.8) is 0 Å². The first-order chi connectivity index (χ1) is 19.0. The van der Waals surface area contributed by atoms with Gasteiger partial charge in [0.05, 0.1) is 24.8 Å². The van der Waals surface area contributed by atoms with Gasteiger partial charge in [-0.05, 0) is 63.1 Å². The molecule has 1 atom stereocenters. The lowest BCUT2D eigenvalue weighted by atomic mass is 10.1. The highest BCUT2D eigenvalue weighted by molar-refractivity contribution is 7.92. The Hall–Kier alpha value is -4.05. The van der Waals surface area contributed by atoms with Crippen LogP contribution in [0.2, 0.25) is 0 Å². The number of nitrogens with zero attached hydrogens (tertiary/aromatic N) is 2. The number of aryl methyl sites for hydroxylation is 2. The van der Waals surface area contributed by atoms with E-state index in [-0.39, 0.29) is 23.0 Å². The second-order valence-electron chi connectivity index (χ2n) is 9.38. The van der Waals surface area contributed by atoms with Crippen LogP contribution >= 0.6 is 0 Å². The largest absolute Gasteiger partial charge is 0.493 e. The number of hydrogen-bond acceptors (Lipinski definition) is 6. The minimum atomic E-state index is -4.19. The van der Waals surface area contributed by atoms with Gasteiger partial charge in [0, 0.05) is 19.2 Å². The smallest absolute Gasteiger partial charge is 0.264 e. The number of hydrogen-bond donors (Lipinski definition) is 1. The molecular weight excluding hydrogens is 530 g/mol. The summed E-state index contributed by atoms with van der Waals surface area (Å²) in [5.74, 6) is -0.142. The average Bonchev–Trinajstić information content (AvgIpc) is 2.94. The van der Waals surface area contributed by atoms with Crippen molar-refractivity contribution < 1.29 is 27.5 Å². The quantitative estimate of drug-likeness (QED) is 0.354. The van der Waals surface area contributed by atoms with Crippen molar-refractivity contribution in [2.24, 2.45) is 0 Å². The fourth-order valence-corrected chi connectivity index (χ4v) is 5.63. The number of carbonyl (C=O) groups excluding carboxylic acids is 2. The molecule has 214 valence electrons. The minimum Gasteiger partial charge on any atom is -0.493 e. The maximum atomic E-state index is 14.0. The van der Waals surface area contributed by atoms with Gasteiger partial charge in [-0.2, -0.15) is 0 Å². The molecule has 0 aliphatic heterocycles. The Balaban J connectivity index is 2.10. The van der Waals surface area contributed by atoms with Crippen molar-refractivity contribution in [3.8, 4) is 11.5 Å². The van der Waals surface area contributed by atoms with Crippen LogP contribution in [0.5, 0.6) is 11.5 Å². The van der Waals surface area contributed by atoms with Crippen LogP contribution in [0, 0.1) is 13.8 Å². The topological polar surface area (TPSA) is 105 Å². The second-order valence-corrected chi connectivity index (χ2v) is 11.2. The number of sulfonamides is 1. The third-order valence-corrected chi connectivity index (χ3v) is 8.45. The normalized spacial score (nSPS) is 11.8. The van der Waals surface area contributed by atoms with Crippen LogP contribution in [-0.2, 0) is 26.2 Å². The number of methoxy groups -OCH3 is 2. The van der Waals surface area contributed by atoms with Crippen molar-refractivity contribution in [2.45, 2.75) is 45.2 Å². The molecule has 3 aromatic carbocycles. The van der Waals surface area contributed by atoms with Crippen molar-refractivity contribution in [1.29, 1.82) is 0 Å². The Labute approximate surface area is 236 Å². The number of amides is 2. The van der Waals surface area contributed by atoms with Gasteiger partial charge >= 0.3 is 0 Å². The summed E-state index contributed by atoms with van der Waals surface area (Å²) in [6, 6.07) is 17.8. The highest BCUT2D eigenvalue weighted by atomic mass is 32.2. The van der Waals surface area contributed by atoms with Gasteiger partial charge in [0.2, 0.25) is 11.8 Å². The van der Waals surface area contributed by atoms with E-state index in [2.05, 4.69) is 5.32 Å². The standard InChI is InChI=1S/C30H37N3O6S/c1-7-31-30(35)23(4)32(19-24-11-9-8-10-22(24)3)29(34)20-33(25-14-17-27(38-5)28(18-25)39-6)40(36,37)26-15-12-21(2)13-16-26/h8-18,23H,7,19-20H2,1-6H3,(H,31,35). The van der Waals surface area contributed by atoms with E-state index in [4.69, 9.17) is 9.47 Å². The molecule has 0 aliphatic rings. The van der Waals surface area contributed by atoms with Crippen LogP contribution in [0.1, 0.15) is 30.5 Å². The molecule has 0 aromatic heterocycles. The van der Waals surface area contributed by atoms with Crippen LogP contribution in [0.4, 0.5) is 5.69 Å². The fourth-order valence-electron chi connectivity index (χ4n) is 4.22. The molecule has 2 amide bonds. The summed E-state index contributed by atoms with van der Waals surface area (Å²) >= 11 is 0. The number of ether oxygens (including phenoxy) is 2. The van der Waals surface area contributed by atoms with E-state index >= 15 is 0 Å². The number of anilines is 1. The average molecular weight is 568 g/mol. The Morgan fingerprint density at radius 3 is 2.17 bits per heavy atom. The first-order valence-electron chi connectivity index (χ1n) is 13.0. The molecule has 3 rings (SSSR count). The third-order valence-electron chi connectivity index (χ3n) is 6.66. The van der Waals surface area contributed by atoms with Crippen molar-refractivity contribution >= 4 is 27.5 Å². The van der Waals surface area contributed by atoms with Crippen LogP contribution < -0.4 is 19.1 Å². The molecule has 0 fully saturated rings. The summed E-state index contributed by atoms with van der Waals surface area (Å²) in [5, 5.41) is 2.76. The first kappa shape index (κ1) is 30.5. The maximum Gasteiger partial charge on any atom is 0.264 e. The Morgan fingerprint density at radius 1 is 0.925 bits per heavy atom. The summed E-state index contributed by atoms with van der Waals surface area (Å²) in [6.45, 7) is 7.21. The van der Waals surface area contributed by atoms with Crippen LogP contribution in [0.25, 0.3) is 0 Å². The second kappa shape index (κ2) is 13.3. The zero-order valence-electron chi connectivity index (χ0n) is 23.8. The van der Waals surface area contributed by atoms with Gasteiger partial charge < -0.3 is 19.7 Å². The number of rotatable bonds is 12. The SMILES string of the molecule is CCNC(=O)C(C)N(Cc1ccccc1C)C(=O)CN(c1ccc(OC)c(OC)c1)S(=O)(=O)c1ccc(C)cc1. The van der Waals surface area contributed by atoms with Gasteiger partial charge in [0.25, 0.3) is 10.0 Å². The molecule has 0 aliphatic carbocycles. The highest BCUT2D eigenvalue weighted by Crippen LogP contribution is 2.34. The number of likely N-dealkylation sites (N-methyl/N-ethyl adjacent to an activating group) is 1. The van der Waals surface area contributed by atoms with E-state index < -0.39 is 28.5 Å². The molecule has 0 saturated heterocycles. The summed E-state index contributed by atoms with van der Waals surface area (Å²) in [7, 11) is -1.26. The maximum absolute atomic E-state index is 14.0. The monoisotopic (exact) mass is 567 g/mol. The molecule has 0 spiro atoms.